The van der Waals surface area contributed by atoms with Crippen molar-refractivity contribution < 1.29 is 133 Å². The number of carboxylic acid groups (broad SMARTS) is 9. The number of aliphatic hydroxyl groups is 3. The maximum atomic E-state index is 13.5. The number of hydrogen-bond acceptors (Lipinski definition) is 24. The van der Waals surface area contributed by atoms with Crippen molar-refractivity contribution in [2.75, 3.05) is 131 Å². The summed E-state index contributed by atoms with van der Waals surface area (Å²) in [4.78, 5) is 148. The highest BCUT2D eigenvalue weighted by molar-refractivity contribution is 5.77. The predicted molar refractivity (Wildman–Crippen MR) is 217 cm³/mol. The van der Waals surface area contributed by atoms with E-state index in [0.717, 1.165) is 29.4 Å². The quantitative estimate of drug-likeness (QED) is 0.0200. The van der Waals surface area contributed by atoms with Crippen LogP contribution in [0, 0.1) is 0 Å². The van der Waals surface area contributed by atoms with Crippen LogP contribution in [0.15, 0.2) is 0 Å². The summed E-state index contributed by atoms with van der Waals surface area (Å²) >= 11 is 0. The van der Waals surface area contributed by atoms with E-state index < -0.39 is 227 Å². The van der Waals surface area contributed by atoms with Gasteiger partial charge in [-0.2, -0.15) is 0 Å². The lowest BCUT2D eigenvalue weighted by Gasteiger charge is -2.33. The van der Waals surface area contributed by atoms with Gasteiger partial charge in [0.05, 0.1) is 85.1 Å². The Morgan fingerprint density at radius 2 is 0.580 bits per heavy atom. The Morgan fingerprint density at radius 1 is 0.348 bits per heavy atom. The van der Waals surface area contributed by atoms with Crippen LogP contribution in [0.4, 0.5) is 0 Å². The largest absolute Gasteiger partial charge is 0.480 e. The van der Waals surface area contributed by atoms with Gasteiger partial charge < -0.3 is 75.5 Å². The second-order valence-corrected chi connectivity index (χ2v) is 14.7. The number of carboxylic acids is 9. The third-order valence-corrected chi connectivity index (χ3v) is 8.73. The molecule has 0 bridgehead atoms. The Hall–Kier alpha value is -6.72. The highest BCUT2D eigenvalue weighted by Crippen LogP contribution is 2.16. The minimum atomic E-state index is -2.50. The first kappa shape index (κ1) is 62.3. The molecule has 0 aliphatic heterocycles. The number of carbonyl (C=O) groups excluding carboxylic acids is 3. The first-order chi connectivity index (χ1) is 32.1. The Kier molecular flexibility index (Phi) is 29.7. The van der Waals surface area contributed by atoms with Crippen LogP contribution in [-0.4, -0.2) is 318 Å². The smallest absolute Gasteiger partial charge is 0.320 e. The average molecular weight is 1000 g/mol. The molecule has 33 nitrogen and oxygen atoms in total. The van der Waals surface area contributed by atoms with Crippen LogP contribution in [0.1, 0.15) is 0 Å². The van der Waals surface area contributed by atoms with Crippen molar-refractivity contribution in [3.8, 4) is 0 Å². The summed E-state index contributed by atoms with van der Waals surface area (Å²) < 4.78 is 15.8. The topological polar surface area (TPSA) is 495 Å². The molecule has 0 fully saturated rings. The highest BCUT2D eigenvalue weighted by atomic mass is 16.6. The Morgan fingerprint density at radius 3 is 0.826 bits per heavy atom. The van der Waals surface area contributed by atoms with Crippen LogP contribution in [0.3, 0.4) is 0 Å². The standard InChI is InChI=1S/C36H56N6O27/c43-19-21(44)35(66)36(69-34(65)18-42(15-31(61)62)6-3-39(11-27(53)54)12-28(55)56)22(68-33(64)17-41(14-30(59)60)5-2-38(9-25(49)50)10-26(51)52)20-67-32(63)16-40(13-29(57)58)4-1-37(7-23(45)46)8-24(47)48/h21-22,35-36,43-44,66H,1-20H2,(H,45,46)(H,47,48)(H,49,50)(H,51,52)(H,53,54)(H,55,56)(H,57,58)(H,59,60)(H,61,62)/t21-,22+,35-,36-/m1/s1. The molecule has 0 aromatic carbocycles. The van der Waals surface area contributed by atoms with Gasteiger partial charge in [-0.3, -0.25) is 86.9 Å². The number of nitrogens with zero attached hydrogens (tertiary/aromatic N) is 6. The molecular weight excluding hydrogens is 948 g/mol. The molecule has 0 radical (unpaired) electrons. The van der Waals surface area contributed by atoms with E-state index in [1.165, 1.54) is 0 Å². The van der Waals surface area contributed by atoms with Gasteiger partial charge in [0, 0.05) is 39.3 Å². The molecule has 0 saturated carbocycles. The summed E-state index contributed by atoms with van der Waals surface area (Å²) in [6, 6.07) is 0. The highest BCUT2D eigenvalue weighted by Gasteiger charge is 2.40. The number of esters is 3. The van der Waals surface area contributed by atoms with E-state index in [1.54, 1.807) is 0 Å². The molecule has 0 saturated heterocycles. The minimum absolute atomic E-state index is 0.435. The molecule has 0 amide bonds. The number of rotatable bonds is 41. The molecular formula is C36H56N6O27. The van der Waals surface area contributed by atoms with Crippen LogP contribution in [0.2, 0.25) is 0 Å². The van der Waals surface area contributed by atoms with Gasteiger partial charge in [0.1, 0.15) is 18.8 Å². The second kappa shape index (κ2) is 32.9. The number of ether oxygens (including phenoxy) is 3. The van der Waals surface area contributed by atoms with E-state index in [1.807, 2.05) is 0 Å². The summed E-state index contributed by atoms with van der Waals surface area (Å²) in [5.41, 5.74) is 0. The lowest BCUT2D eigenvalue weighted by Crippen LogP contribution is -2.53. The van der Waals surface area contributed by atoms with Crippen molar-refractivity contribution in [3.05, 3.63) is 0 Å². The fourth-order valence-electron chi connectivity index (χ4n) is 5.91. The van der Waals surface area contributed by atoms with Crippen LogP contribution >= 0.6 is 0 Å². The molecule has 0 heterocycles. The fraction of sp³-hybridized carbons (Fsp3) is 0.667. The van der Waals surface area contributed by atoms with E-state index in [4.69, 9.17) is 44.8 Å². The summed E-state index contributed by atoms with van der Waals surface area (Å²) in [6.45, 7) is -16.6. The zero-order valence-electron chi connectivity index (χ0n) is 36.6. The number of hydrogen-bond donors (Lipinski definition) is 12. The van der Waals surface area contributed by atoms with Gasteiger partial charge in [-0.1, -0.05) is 0 Å². The lowest BCUT2D eigenvalue weighted by atomic mass is 10.0. The summed E-state index contributed by atoms with van der Waals surface area (Å²) in [6.07, 6.45) is -9.51. The average Bonchev–Trinajstić information content (AvgIpc) is 3.19. The van der Waals surface area contributed by atoms with Crippen molar-refractivity contribution in [1.82, 2.24) is 29.4 Å². The van der Waals surface area contributed by atoms with E-state index in [0.29, 0.717) is 0 Å². The molecule has 0 spiro atoms. The van der Waals surface area contributed by atoms with Crippen LogP contribution in [-0.2, 0) is 71.7 Å². The van der Waals surface area contributed by atoms with Gasteiger partial charge in [0.2, 0.25) is 0 Å². The van der Waals surface area contributed by atoms with Gasteiger partial charge in [-0.05, 0) is 0 Å². The fourth-order valence-corrected chi connectivity index (χ4v) is 5.91. The van der Waals surface area contributed by atoms with Gasteiger partial charge in [-0.15, -0.1) is 0 Å². The van der Waals surface area contributed by atoms with E-state index in [2.05, 4.69) is 0 Å². The Bertz CT molecular complexity index is 1740. The third kappa shape index (κ3) is 31.0. The number of aliphatic carboxylic acids is 9. The van der Waals surface area contributed by atoms with E-state index >= 15 is 0 Å². The van der Waals surface area contributed by atoms with Crippen molar-refractivity contribution in [2.24, 2.45) is 0 Å². The van der Waals surface area contributed by atoms with Crippen molar-refractivity contribution in [3.63, 3.8) is 0 Å². The summed E-state index contributed by atoms with van der Waals surface area (Å²) in [5.74, 6) is -17.9. The van der Waals surface area contributed by atoms with Crippen LogP contribution in [0.25, 0.3) is 0 Å². The van der Waals surface area contributed by atoms with Crippen LogP contribution < -0.4 is 0 Å². The maximum Gasteiger partial charge on any atom is 0.320 e. The van der Waals surface area contributed by atoms with Crippen molar-refractivity contribution in [1.29, 1.82) is 0 Å². The van der Waals surface area contributed by atoms with E-state index in [9.17, 15) is 88.2 Å². The predicted octanol–water partition coefficient (Wildman–Crippen LogP) is -8.36. The monoisotopic (exact) mass is 1000 g/mol. The van der Waals surface area contributed by atoms with Gasteiger partial charge in [0.25, 0.3) is 0 Å². The summed E-state index contributed by atoms with van der Waals surface area (Å²) in [5, 5.41) is 114. The molecule has 12 N–H and O–H groups in total. The first-order valence-corrected chi connectivity index (χ1v) is 19.9. The Labute approximate surface area is 389 Å². The normalized spacial score (nSPS) is 13.2. The Balaban J connectivity index is 6.99. The van der Waals surface area contributed by atoms with E-state index in [-0.39, 0.29) is 0 Å². The molecule has 392 valence electrons. The first-order valence-electron chi connectivity index (χ1n) is 19.9. The molecule has 0 aliphatic rings. The van der Waals surface area contributed by atoms with Crippen molar-refractivity contribution >= 4 is 71.6 Å². The number of aliphatic hydroxyl groups excluding tert-OH is 3. The maximum absolute atomic E-state index is 13.5. The summed E-state index contributed by atoms with van der Waals surface area (Å²) in [7, 11) is 0. The molecule has 69 heavy (non-hydrogen) atoms. The lowest BCUT2D eigenvalue weighted by molar-refractivity contribution is -0.194. The molecule has 0 aromatic rings. The van der Waals surface area contributed by atoms with Gasteiger partial charge in [-0.25, -0.2) is 0 Å². The molecule has 0 aliphatic carbocycles. The molecule has 0 unspecified atom stereocenters. The molecule has 0 rings (SSSR count). The third-order valence-electron chi connectivity index (χ3n) is 8.73. The van der Waals surface area contributed by atoms with Gasteiger partial charge >= 0.3 is 71.6 Å². The second-order valence-electron chi connectivity index (χ2n) is 14.7. The zero-order valence-corrected chi connectivity index (χ0v) is 36.6. The van der Waals surface area contributed by atoms with Gasteiger partial charge in [0.15, 0.2) is 12.2 Å². The molecule has 33 heteroatoms. The zero-order chi connectivity index (χ0) is 53.0. The minimum Gasteiger partial charge on any atom is -0.480 e. The van der Waals surface area contributed by atoms with Crippen molar-refractivity contribution in [2.45, 2.75) is 24.4 Å². The number of carbonyl (C=O) groups is 12. The van der Waals surface area contributed by atoms with Crippen LogP contribution in [0.5, 0.6) is 0 Å². The SMILES string of the molecule is O=C(O)CN(CCN(CC(=O)O)CC(=O)OC[C@H](OC(=O)CN(CCN(CC(=O)O)CC(=O)O)CC(=O)O)[C@@H](OC(=O)CN(CCN(CC(=O)O)CC(=O)O)CC(=O)O)[C@H](O)[C@H](O)CO)CC(=O)O. The molecule has 0 aromatic heterocycles. The molecule has 4 atom stereocenters.